The summed E-state index contributed by atoms with van der Waals surface area (Å²) >= 11 is 0. The quantitative estimate of drug-likeness (QED) is 0.569. The summed E-state index contributed by atoms with van der Waals surface area (Å²) in [4.78, 5) is 0. The molecule has 0 heterocycles. The minimum atomic E-state index is -0.695. The first-order chi connectivity index (χ1) is 11.2. The van der Waals surface area contributed by atoms with Gasteiger partial charge >= 0.3 is 0 Å². The summed E-state index contributed by atoms with van der Waals surface area (Å²) in [5.41, 5.74) is 0.607. The Balaban J connectivity index is 1.52. The third-order valence-corrected chi connectivity index (χ3v) is 6.45. The first-order valence-corrected chi connectivity index (χ1v) is 9.63. The first-order valence-electron chi connectivity index (χ1n) is 9.63. The van der Waals surface area contributed by atoms with Crippen molar-refractivity contribution >= 4 is 0 Å². The normalized spacial score (nSPS) is 32.0. The van der Waals surface area contributed by atoms with E-state index in [9.17, 15) is 8.78 Å². The number of hydrogen-bond acceptors (Lipinski definition) is 0. The van der Waals surface area contributed by atoms with Crippen LogP contribution in [0.5, 0.6) is 0 Å². The van der Waals surface area contributed by atoms with E-state index >= 15 is 0 Å². The van der Waals surface area contributed by atoms with Crippen LogP contribution in [-0.4, -0.2) is 0 Å². The Morgan fingerprint density at radius 3 is 2.09 bits per heavy atom. The second-order valence-corrected chi connectivity index (χ2v) is 7.82. The highest BCUT2D eigenvalue weighted by atomic mass is 19.2. The minimum absolute atomic E-state index is 0.221. The van der Waals surface area contributed by atoms with E-state index in [1.54, 1.807) is 12.1 Å². The summed E-state index contributed by atoms with van der Waals surface area (Å²) in [5.74, 6) is 1.59. The second-order valence-electron chi connectivity index (χ2n) is 7.82. The van der Waals surface area contributed by atoms with Gasteiger partial charge in [-0.2, -0.15) is 0 Å². The van der Waals surface area contributed by atoms with Gasteiger partial charge in [0.1, 0.15) is 0 Å². The Bertz CT molecular complexity index is 495. The maximum atomic E-state index is 14.0. The molecule has 1 aromatic carbocycles. The van der Waals surface area contributed by atoms with Gasteiger partial charge in [-0.1, -0.05) is 44.7 Å². The van der Waals surface area contributed by atoms with Crippen molar-refractivity contribution in [3.8, 4) is 0 Å². The molecule has 0 aromatic heterocycles. The molecule has 2 heteroatoms. The van der Waals surface area contributed by atoms with E-state index in [1.807, 2.05) is 0 Å². The molecule has 3 rings (SSSR count). The molecule has 128 valence electrons. The summed E-state index contributed by atoms with van der Waals surface area (Å²) in [6, 6.07) is 4.65. The Labute approximate surface area is 139 Å². The molecule has 0 amide bonds. The SMILES string of the molecule is CCC[C@H]1CC[C@H]([C@H]2CC[C@H](c3cccc(F)c3F)CC2)CC1. The molecule has 2 aliphatic rings. The molecule has 0 saturated heterocycles. The number of rotatable bonds is 4. The van der Waals surface area contributed by atoms with Crippen molar-refractivity contribution in [2.24, 2.45) is 17.8 Å². The molecule has 2 aliphatic carbocycles. The highest BCUT2D eigenvalue weighted by Crippen LogP contribution is 2.44. The largest absolute Gasteiger partial charge is 0.204 e. The Kier molecular flexibility index (Phi) is 5.71. The van der Waals surface area contributed by atoms with E-state index in [-0.39, 0.29) is 5.92 Å². The lowest BCUT2D eigenvalue weighted by Gasteiger charge is -2.38. The fourth-order valence-corrected chi connectivity index (χ4v) is 5.09. The zero-order valence-corrected chi connectivity index (χ0v) is 14.4. The van der Waals surface area contributed by atoms with Gasteiger partial charge in [-0.15, -0.1) is 0 Å². The van der Waals surface area contributed by atoms with Crippen LogP contribution in [0.15, 0.2) is 18.2 Å². The molecule has 0 aliphatic heterocycles. The van der Waals surface area contributed by atoms with Crippen molar-refractivity contribution in [2.45, 2.75) is 77.0 Å². The average molecular weight is 320 g/mol. The van der Waals surface area contributed by atoms with Gasteiger partial charge < -0.3 is 0 Å². The van der Waals surface area contributed by atoms with Gasteiger partial charge in [0, 0.05) is 0 Å². The van der Waals surface area contributed by atoms with Gasteiger partial charge in [-0.25, -0.2) is 8.78 Å². The van der Waals surface area contributed by atoms with Crippen LogP contribution in [0.25, 0.3) is 0 Å². The van der Waals surface area contributed by atoms with E-state index in [0.717, 1.165) is 30.6 Å². The molecule has 2 fully saturated rings. The monoisotopic (exact) mass is 320 g/mol. The predicted molar refractivity (Wildman–Crippen MR) is 91.4 cm³/mol. The summed E-state index contributed by atoms with van der Waals surface area (Å²) in [6.45, 7) is 2.29. The molecule has 0 N–H and O–H groups in total. The van der Waals surface area contributed by atoms with E-state index in [1.165, 1.54) is 57.4 Å². The second kappa shape index (κ2) is 7.77. The maximum absolute atomic E-state index is 14.0. The van der Waals surface area contributed by atoms with Crippen LogP contribution in [0, 0.1) is 29.4 Å². The molecule has 2 saturated carbocycles. The first kappa shape index (κ1) is 16.9. The van der Waals surface area contributed by atoms with E-state index in [2.05, 4.69) is 6.92 Å². The van der Waals surface area contributed by atoms with Crippen molar-refractivity contribution in [1.29, 1.82) is 0 Å². The average Bonchev–Trinajstić information content (AvgIpc) is 2.59. The highest BCUT2D eigenvalue weighted by Gasteiger charge is 2.32. The van der Waals surface area contributed by atoms with E-state index < -0.39 is 11.6 Å². The van der Waals surface area contributed by atoms with Crippen LogP contribution >= 0.6 is 0 Å². The van der Waals surface area contributed by atoms with E-state index in [0.29, 0.717) is 5.56 Å². The van der Waals surface area contributed by atoms with Gasteiger partial charge in [0.05, 0.1) is 0 Å². The molecule has 0 nitrogen and oxygen atoms in total. The summed E-state index contributed by atoms with van der Waals surface area (Å²) in [5, 5.41) is 0. The zero-order valence-electron chi connectivity index (χ0n) is 14.4. The lowest BCUT2D eigenvalue weighted by atomic mass is 9.68. The Hall–Kier alpha value is -0.920. The van der Waals surface area contributed by atoms with Crippen LogP contribution in [0.2, 0.25) is 0 Å². The molecule has 0 unspecified atom stereocenters. The topological polar surface area (TPSA) is 0 Å². The minimum Gasteiger partial charge on any atom is -0.204 e. The van der Waals surface area contributed by atoms with Gasteiger partial charge in [0.25, 0.3) is 0 Å². The third kappa shape index (κ3) is 3.95. The van der Waals surface area contributed by atoms with Crippen molar-refractivity contribution in [1.82, 2.24) is 0 Å². The van der Waals surface area contributed by atoms with Crippen molar-refractivity contribution in [3.63, 3.8) is 0 Å². The number of benzene rings is 1. The fraction of sp³-hybridized carbons (Fsp3) is 0.714. The van der Waals surface area contributed by atoms with Gasteiger partial charge in [-0.05, 0) is 73.8 Å². The molecular formula is C21H30F2. The van der Waals surface area contributed by atoms with Crippen LogP contribution in [0.4, 0.5) is 8.78 Å². The highest BCUT2D eigenvalue weighted by molar-refractivity contribution is 5.23. The standard InChI is InChI=1S/C21H30F2/c1-2-4-15-7-9-16(10-8-15)17-11-13-18(14-12-17)19-5-3-6-20(22)21(19)23/h3,5-6,15-18H,2,4,7-14H2,1H3/t15-,16-,17-,18-. The van der Waals surface area contributed by atoms with Crippen molar-refractivity contribution in [2.75, 3.05) is 0 Å². The van der Waals surface area contributed by atoms with Crippen LogP contribution in [0.3, 0.4) is 0 Å². The van der Waals surface area contributed by atoms with Gasteiger partial charge in [-0.3, -0.25) is 0 Å². The molecular weight excluding hydrogens is 290 g/mol. The lowest BCUT2D eigenvalue weighted by molar-refractivity contribution is 0.156. The molecule has 0 spiro atoms. The summed E-state index contributed by atoms with van der Waals surface area (Å²) in [6.07, 6.45) is 12.8. The lowest BCUT2D eigenvalue weighted by Crippen LogP contribution is -2.25. The van der Waals surface area contributed by atoms with Gasteiger partial charge in [0.2, 0.25) is 0 Å². The van der Waals surface area contributed by atoms with Crippen LogP contribution < -0.4 is 0 Å². The van der Waals surface area contributed by atoms with E-state index in [4.69, 9.17) is 0 Å². The molecule has 0 radical (unpaired) electrons. The predicted octanol–water partition coefficient (Wildman–Crippen LogP) is 6.85. The number of halogens is 2. The Morgan fingerprint density at radius 1 is 0.870 bits per heavy atom. The molecule has 23 heavy (non-hydrogen) atoms. The van der Waals surface area contributed by atoms with Crippen LogP contribution in [-0.2, 0) is 0 Å². The Morgan fingerprint density at radius 2 is 1.48 bits per heavy atom. The van der Waals surface area contributed by atoms with Crippen LogP contribution in [0.1, 0.15) is 82.6 Å². The fourth-order valence-electron chi connectivity index (χ4n) is 5.09. The summed E-state index contributed by atoms with van der Waals surface area (Å²) in [7, 11) is 0. The summed E-state index contributed by atoms with van der Waals surface area (Å²) < 4.78 is 27.4. The third-order valence-electron chi connectivity index (χ3n) is 6.45. The smallest absolute Gasteiger partial charge is 0.162 e. The maximum Gasteiger partial charge on any atom is 0.162 e. The molecule has 1 aromatic rings. The zero-order chi connectivity index (χ0) is 16.2. The van der Waals surface area contributed by atoms with Gasteiger partial charge in [0.15, 0.2) is 11.6 Å². The molecule has 0 bridgehead atoms. The van der Waals surface area contributed by atoms with Crippen molar-refractivity contribution in [3.05, 3.63) is 35.4 Å². The van der Waals surface area contributed by atoms with Crippen molar-refractivity contribution < 1.29 is 8.78 Å². The molecule has 0 atom stereocenters. The number of hydrogen-bond donors (Lipinski definition) is 0.